The summed E-state index contributed by atoms with van der Waals surface area (Å²) in [5, 5.41) is 23.3. The summed E-state index contributed by atoms with van der Waals surface area (Å²) in [6.45, 7) is 4.41. The van der Waals surface area contributed by atoms with Crippen molar-refractivity contribution in [2.24, 2.45) is 0 Å². The Bertz CT molecular complexity index is 864. The Morgan fingerprint density at radius 1 is 0.308 bits per heavy atom. The second kappa shape index (κ2) is 57.7. The zero-order chi connectivity index (χ0) is 47.0. The van der Waals surface area contributed by atoms with Gasteiger partial charge in [0.1, 0.15) is 0 Å². The fraction of sp³-hybridized carbons (Fsp3) is 0.984. The number of aliphatic hydroxyl groups is 2. The lowest BCUT2D eigenvalue weighted by Crippen LogP contribution is -2.45. The van der Waals surface area contributed by atoms with Crippen molar-refractivity contribution in [3.05, 3.63) is 0 Å². The highest BCUT2D eigenvalue weighted by atomic mass is 16.3. The van der Waals surface area contributed by atoms with Gasteiger partial charge in [0, 0.05) is 6.42 Å². The number of rotatable bonds is 58. The Kier molecular flexibility index (Phi) is 57.2. The molecule has 4 heteroatoms. The first-order valence-electron chi connectivity index (χ1n) is 30.7. The van der Waals surface area contributed by atoms with E-state index in [1.807, 2.05) is 0 Å². The number of carbonyl (C=O) groups is 1. The zero-order valence-electron chi connectivity index (χ0n) is 45.1. The summed E-state index contributed by atoms with van der Waals surface area (Å²) in [6.07, 6.45) is 74.1. The van der Waals surface area contributed by atoms with Crippen LogP contribution in [0.4, 0.5) is 0 Å². The third-order valence-corrected chi connectivity index (χ3v) is 14.9. The van der Waals surface area contributed by atoms with Crippen molar-refractivity contribution in [2.45, 2.75) is 379 Å². The van der Waals surface area contributed by atoms with Gasteiger partial charge in [0.25, 0.3) is 0 Å². The van der Waals surface area contributed by atoms with Gasteiger partial charge in [0.15, 0.2) is 0 Å². The van der Waals surface area contributed by atoms with Crippen molar-refractivity contribution in [1.82, 2.24) is 5.32 Å². The molecule has 0 spiro atoms. The maximum Gasteiger partial charge on any atom is 0.220 e. The van der Waals surface area contributed by atoms with E-state index >= 15 is 0 Å². The third-order valence-electron chi connectivity index (χ3n) is 14.9. The molecular weight excluding hydrogens is 795 g/mol. The van der Waals surface area contributed by atoms with E-state index in [4.69, 9.17) is 0 Å². The molecule has 2 unspecified atom stereocenters. The number of amides is 1. The molecule has 65 heavy (non-hydrogen) atoms. The van der Waals surface area contributed by atoms with Gasteiger partial charge in [0.2, 0.25) is 5.91 Å². The molecule has 0 aliphatic carbocycles. The SMILES string of the molecule is CCCCCCCCCCCCCCCCCCCCCCCCCCCCCCCCCCCCCCC(=O)NC(CO)C(O)CCCCCCCCCCCCCCCCCCC. The molecule has 4 nitrogen and oxygen atoms in total. The standard InChI is InChI=1S/C61H123NO3/c1-3-5-7-9-11-13-15-17-19-21-22-23-24-25-26-27-28-29-30-31-32-33-34-35-36-37-38-39-41-43-45-47-49-51-53-55-57-61(65)62-59(58-63)60(64)56-54-52-50-48-46-44-42-40-20-18-16-14-12-10-8-6-4-2/h59-60,63-64H,3-58H2,1-2H3,(H,62,65). The molecule has 2 atom stereocenters. The van der Waals surface area contributed by atoms with E-state index < -0.39 is 12.1 Å². The Hall–Kier alpha value is -0.610. The Morgan fingerprint density at radius 3 is 0.692 bits per heavy atom. The Labute approximate surface area is 410 Å². The van der Waals surface area contributed by atoms with Crippen LogP contribution in [-0.4, -0.2) is 34.9 Å². The molecule has 3 N–H and O–H groups in total. The minimum absolute atomic E-state index is 0.0216. The average molecular weight is 919 g/mol. The van der Waals surface area contributed by atoms with Crippen LogP contribution in [0.5, 0.6) is 0 Å². The molecule has 0 aromatic carbocycles. The molecule has 0 heterocycles. The van der Waals surface area contributed by atoms with E-state index in [1.54, 1.807) is 0 Å². The van der Waals surface area contributed by atoms with Crippen LogP contribution in [0, 0.1) is 0 Å². The summed E-state index contributed by atoms with van der Waals surface area (Å²) < 4.78 is 0. The molecule has 0 fully saturated rings. The summed E-state index contributed by atoms with van der Waals surface area (Å²) in [5.41, 5.74) is 0. The highest BCUT2D eigenvalue weighted by Crippen LogP contribution is 2.19. The predicted octanol–water partition coefficient (Wildman–Crippen LogP) is 20.3. The molecule has 0 aromatic heterocycles. The maximum atomic E-state index is 12.5. The monoisotopic (exact) mass is 918 g/mol. The fourth-order valence-corrected chi connectivity index (χ4v) is 10.2. The van der Waals surface area contributed by atoms with E-state index in [0.29, 0.717) is 12.8 Å². The first-order chi connectivity index (χ1) is 32.2. The largest absolute Gasteiger partial charge is 0.394 e. The quantitative estimate of drug-likeness (QED) is 0.0533. The van der Waals surface area contributed by atoms with Gasteiger partial charge in [-0.3, -0.25) is 4.79 Å². The van der Waals surface area contributed by atoms with Gasteiger partial charge in [-0.05, 0) is 12.8 Å². The zero-order valence-corrected chi connectivity index (χ0v) is 45.1. The van der Waals surface area contributed by atoms with Crippen molar-refractivity contribution in [3.63, 3.8) is 0 Å². The van der Waals surface area contributed by atoms with E-state index in [9.17, 15) is 15.0 Å². The van der Waals surface area contributed by atoms with Crippen molar-refractivity contribution in [2.75, 3.05) is 6.61 Å². The smallest absolute Gasteiger partial charge is 0.220 e. The van der Waals surface area contributed by atoms with Gasteiger partial charge in [0.05, 0.1) is 18.8 Å². The van der Waals surface area contributed by atoms with E-state index in [-0.39, 0.29) is 12.5 Å². The van der Waals surface area contributed by atoms with Crippen LogP contribution in [0.2, 0.25) is 0 Å². The first kappa shape index (κ1) is 64.4. The van der Waals surface area contributed by atoms with Crippen LogP contribution in [0.3, 0.4) is 0 Å². The van der Waals surface area contributed by atoms with Crippen LogP contribution in [0.15, 0.2) is 0 Å². The van der Waals surface area contributed by atoms with Crippen molar-refractivity contribution >= 4 is 5.91 Å². The van der Waals surface area contributed by atoms with Crippen molar-refractivity contribution in [3.8, 4) is 0 Å². The lowest BCUT2D eigenvalue weighted by Gasteiger charge is -2.22. The van der Waals surface area contributed by atoms with Gasteiger partial charge >= 0.3 is 0 Å². The van der Waals surface area contributed by atoms with E-state index in [0.717, 1.165) is 25.7 Å². The van der Waals surface area contributed by atoms with E-state index in [2.05, 4.69) is 19.2 Å². The Balaban J connectivity index is 3.34. The van der Waals surface area contributed by atoms with Crippen LogP contribution >= 0.6 is 0 Å². The van der Waals surface area contributed by atoms with Gasteiger partial charge < -0.3 is 15.5 Å². The molecule has 0 radical (unpaired) electrons. The molecule has 1 amide bonds. The molecule has 0 rings (SSSR count). The lowest BCUT2D eigenvalue weighted by molar-refractivity contribution is -0.123. The second-order valence-corrected chi connectivity index (χ2v) is 21.5. The highest BCUT2D eigenvalue weighted by molar-refractivity contribution is 5.76. The van der Waals surface area contributed by atoms with Crippen LogP contribution < -0.4 is 5.32 Å². The van der Waals surface area contributed by atoms with Gasteiger partial charge in [-0.2, -0.15) is 0 Å². The molecule has 0 aromatic rings. The number of hydrogen-bond donors (Lipinski definition) is 3. The molecule has 0 bridgehead atoms. The molecule has 0 aliphatic heterocycles. The second-order valence-electron chi connectivity index (χ2n) is 21.5. The average Bonchev–Trinajstić information content (AvgIpc) is 3.31. The predicted molar refractivity (Wildman–Crippen MR) is 290 cm³/mol. The van der Waals surface area contributed by atoms with Gasteiger partial charge in [-0.1, -0.05) is 348 Å². The number of aliphatic hydroxyl groups excluding tert-OH is 2. The third kappa shape index (κ3) is 54.2. The summed E-state index contributed by atoms with van der Waals surface area (Å²) >= 11 is 0. The topological polar surface area (TPSA) is 69.6 Å². The number of unbranched alkanes of at least 4 members (excludes halogenated alkanes) is 51. The minimum atomic E-state index is -0.655. The van der Waals surface area contributed by atoms with Crippen LogP contribution in [0.1, 0.15) is 367 Å². The first-order valence-corrected chi connectivity index (χ1v) is 30.7. The van der Waals surface area contributed by atoms with Gasteiger partial charge in [-0.15, -0.1) is 0 Å². The van der Waals surface area contributed by atoms with Crippen LogP contribution in [0.25, 0.3) is 0 Å². The molecule has 0 saturated heterocycles. The molecule has 390 valence electrons. The number of hydrogen-bond acceptors (Lipinski definition) is 3. The molecule has 0 saturated carbocycles. The number of carbonyl (C=O) groups excluding carboxylic acids is 1. The maximum absolute atomic E-state index is 12.5. The van der Waals surface area contributed by atoms with Crippen molar-refractivity contribution in [1.29, 1.82) is 0 Å². The molecule has 0 aliphatic rings. The summed E-state index contributed by atoms with van der Waals surface area (Å²) in [7, 11) is 0. The summed E-state index contributed by atoms with van der Waals surface area (Å²) in [5.74, 6) is -0.0216. The minimum Gasteiger partial charge on any atom is -0.394 e. The highest BCUT2D eigenvalue weighted by Gasteiger charge is 2.20. The lowest BCUT2D eigenvalue weighted by atomic mass is 10.0. The van der Waals surface area contributed by atoms with E-state index in [1.165, 1.54) is 315 Å². The Morgan fingerprint density at radius 2 is 0.492 bits per heavy atom. The normalized spacial score (nSPS) is 12.6. The summed E-state index contributed by atoms with van der Waals surface area (Å²) in [4.78, 5) is 12.5. The van der Waals surface area contributed by atoms with Crippen molar-refractivity contribution < 1.29 is 15.0 Å². The fourth-order valence-electron chi connectivity index (χ4n) is 10.2. The number of nitrogens with one attached hydrogen (secondary N) is 1. The van der Waals surface area contributed by atoms with Crippen LogP contribution in [-0.2, 0) is 4.79 Å². The van der Waals surface area contributed by atoms with Gasteiger partial charge in [-0.25, -0.2) is 0 Å². The molecular formula is C61H123NO3. The summed E-state index contributed by atoms with van der Waals surface area (Å²) in [6, 6.07) is -0.531.